The highest BCUT2D eigenvalue weighted by Crippen LogP contribution is 2.27. The van der Waals surface area contributed by atoms with Crippen LogP contribution in [0.25, 0.3) is 11.0 Å². The number of pyridine rings is 1. The van der Waals surface area contributed by atoms with Crippen LogP contribution in [0.3, 0.4) is 0 Å². The van der Waals surface area contributed by atoms with Crippen LogP contribution in [0, 0.1) is 5.92 Å². The van der Waals surface area contributed by atoms with Crippen LogP contribution in [-0.4, -0.2) is 52.7 Å². The first kappa shape index (κ1) is 22.8. The number of likely N-dealkylation sites (N-methyl/N-ethyl adjacent to an activating group) is 1. The van der Waals surface area contributed by atoms with Crippen LogP contribution in [0.15, 0.2) is 47.4 Å². The molecular weight excluding hydrogens is 424 g/mol. The van der Waals surface area contributed by atoms with Crippen molar-refractivity contribution >= 4 is 28.4 Å². The highest BCUT2D eigenvalue weighted by molar-refractivity contribution is 5.75. The lowest BCUT2D eigenvalue weighted by Crippen LogP contribution is -2.44. The number of aromatic nitrogens is 3. The molecule has 0 atom stereocenters. The Hall–Kier alpha value is -2.93. The summed E-state index contributed by atoms with van der Waals surface area (Å²) in [5.74, 6) is 1.34. The van der Waals surface area contributed by atoms with Crippen LogP contribution in [0.1, 0.15) is 44.9 Å². The maximum atomic E-state index is 12.7. The minimum absolute atomic E-state index is 0.0114. The van der Waals surface area contributed by atoms with Crippen molar-refractivity contribution in [3.63, 3.8) is 0 Å². The first-order chi connectivity index (χ1) is 16.7. The molecule has 0 radical (unpaired) electrons. The molecule has 1 saturated heterocycles. The molecule has 3 heterocycles. The number of nitrogens with zero attached hydrogens (tertiary/aromatic N) is 5. The summed E-state index contributed by atoms with van der Waals surface area (Å²) in [6.45, 7) is 4.99. The maximum Gasteiger partial charge on any atom is 0.252 e. The molecule has 2 aliphatic rings. The van der Waals surface area contributed by atoms with Gasteiger partial charge in [-0.05, 0) is 56.1 Å². The number of aryl methyl sites for hydroxylation is 1. The molecule has 0 spiro atoms. The second-order valence-corrected chi connectivity index (χ2v) is 9.90. The number of piperazine rings is 1. The Balaban J connectivity index is 1.28. The summed E-state index contributed by atoms with van der Waals surface area (Å²) in [4.78, 5) is 26.7. The predicted octanol–water partition coefficient (Wildman–Crippen LogP) is 4.65. The number of benzene rings is 1. The van der Waals surface area contributed by atoms with Crippen LogP contribution in [-0.2, 0) is 6.54 Å². The largest absolute Gasteiger partial charge is 0.369 e. The van der Waals surface area contributed by atoms with Crippen molar-refractivity contribution in [1.29, 1.82) is 0 Å². The third-order valence-electron chi connectivity index (χ3n) is 7.43. The molecule has 3 aromatic rings. The first-order valence-electron chi connectivity index (χ1n) is 12.8. The Morgan fingerprint density at radius 2 is 1.74 bits per heavy atom. The van der Waals surface area contributed by atoms with Crippen molar-refractivity contribution in [2.45, 2.75) is 51.5 Å². The van der Waals surface area contributed by atoms with Crippen LogP contribution >= 0.6 is 0 Å². The summed E-state index contributed by atoms with van der Waals surface area (Å²) < 4.78 is 1.82. The lowest BCUT2D eigenvalue weighted by atomic mass is 9.86. The summed E-state index contributed by atoms with van der Waals surface area (Å²) in [6, 6.07) is 11.9. The molecule has 1 saturated carbocycles. The van der Waals surface area contributed by atoms with E-state index in [0.29, 0.717) is 18.1 Å². The monoisotopic (exact) mass is 460 g/mol. The number of nitrogens with one attached hydrogen (secondary N) is 1. The van der Waals surface area contributed by atoms with E-state index in [9.17, 15) is 4.79 Å². The summed E-state index contributed by atoms with van der Waals surface area (Å²) in [5, 5.41) is 4.22. The van der Waals surface area contributed by atoms with Crippen molar-refractivity contribution in [2.75, 3.05) is 43.4 Å². The third kappa shape index (κ3) is 5.41. The number of anilines is 3. The quantitative estimate of drug-likeness (QED) is 0.554. The second kappa shape index (κ2) is 10.6. The Labute approximate surface area is 201 Å². The average molecular weight is 461 g/mol. The molecule has 7 nitrogen and oxygen atoms in total. The molecule has 7 heteroatoms. The fourth-order valence-electron chi connectivity index (χ4n) is 5.31. The van der Waals surface area contributed by atoms with Gasteiger partial charge in [0.2, 0.25) is 5.95 Å². The molecular formula is C27H36N6O. The molecule has 1 aromatic carbocycles. The van der Waals surface area contributed by atoms with E-state index in [1.165, 1.54) is 44.2 Å². The van der Waals surface area contributed by atoms with E-state index in [4.69, 9.17) is 4.98 Å². The van der Waals surface area contributed by atoms with Gasteiger partial charge in [-0.1, -0.05) is 32.1 Å². The van der Waals surface area contributed by atoms with Gasteiger partial charge >= 0.3 is 0 Å². The zero-order valence-electron chi connectivity index (χ0n) is 20.2. The Bertz CT molecular complexity index is 1140. The van der Waals surface area contributed by atoms with Crippen molar-refractivity contribution in [1.82, 2.24) is 19.4 Å². The zero-order valence-corrected chi connectivity index (χ0v) is 20.2. The van der Waals surface area contributed by atoms with E-state index in [0.717, 1.165) is 49.6 Å². The molecule has 5 rings (SSSR count). The van der Waals surface area contributed by atoms with Crippen LogP contribution in [0.5, 0.6) is 0 Å². The highest BCUT2D eigenvalue weighted by Gasteiger charge is 2.15. The maximum absolute atomic E-state index is 12.7. The van der Waals surface area contributed by atoms with Gasteiger partial charge in [0.05, 0.1) is 0 Å². The molecule has 2 fully saturated rings. The van der Waals surface area contributed by atoms with E-state index >= 15 is 0 Å². The average Bonchev–Trinajstić information content (AvgIpc) is 2.87. The van der Waals surface area contributed by atoms with Crippen LogP contribution in [0.4, 0.5) is 17.3 Å². The fraction of sp³-hybridized carbons (Fsp3) is 0.519. The lowest BCUT2D eigenvalue weighted by molar-refractivity contribution is 0.313. The number of hydrogen-bond acceptors (Lipinski definition) is 6. The summed E-state index contributed by atoms with van der Waals surface area (Å²) in [7, 11) is 2.17. The molecule has 180 valence electrons. The zero-order chi connectivity index (χ0) is 23.3. The summed E-state index contributed by atoms with van der Waals surface area (Å²) in [6.07, 6.45) is 10.8. The van der Waals surface area contributed by atoms with Gasteiger partial charge in [0.25, 0.3) is 5.56 Å². The van der Waals surface area contributed by atoms with E-state index in [1.54, 1.807) is 12.3 Å². The van der Waals surface area contributed by atoms with Gasteiger partial charge in [-0.3, -0.25) is 9.36 Å². The third-order valence-corrected chi connectivity index (χ3v) is 7.43. The van der Waals surface area contributed by atoms with Crippen molar-refractivity contribution < 1.29 is 0 Å². The fourth-order valence-corrected chi connectivity index (χ4v) is 5.31. The number of hydrogen-bond donors (Lipinski definition) is 1. The smallest absolute Gasteiger partial charge is 0.252 e. The van der Waals surface area contributed by atoms with Gasteiger partial charge in [-0.2, -0.15) is 4.98 Å². The van der Waals surface area contributed by atoms with E-state index in [-0.39, 0.29) is 5.56 Å². The molecule has 34 heavy (non-hydrogen) atoms. The minimum atomic E-state index is 0.0114. The van der Waals surface area contributed by atoms with Gasteiger partial charge < -0.3 is 15.1 Å². The second-order valence-electron chi connectivity index (χ2n) is 9.90. The minimum Gasteiger partial charge on any atom is -0.369 e. The predicted molar refractivity (Wildman–Crippen MR) is 139 cm³/mol. The van der Waals surface area contributed by atoms with E-state index in [2.05, 4.69) is 51.4 Å². The topological polar surface area (TPSA) is 66.3 Å². The molecule has 1 N–H and O–H groups in total. The van der Waals surface area contributed by atoms with Gasteiger partial charge in [0.15, 0.2) is 0 Å². The summed E-state index contributed by atoms with van der Waals surface area (Å²) in [5.41, 5.74) is 2.91. The van der Waals surface area contributed by atoms with Crippen molar-refractivity contribution in [2.24, 2.45) is 5.92 Å². The van der Waals surface area contributed by atoms with Crippen LogP contribution in [0.2, 0.25) is 0 Å². The molecule has 0 unspecified atom stereocenters. The van der Waals surface area contributed by atoms with E-state index in [1.807, 2.05) is 10.6 Å². The van der Waals surface area contributed by atoms with Crippen LogP contribution < -0.4 is 15.8 Å². The molecule has 1 aliphatic heterocycles. The van der Waals surface area contributed by atoms with Crippen molar-refractivity contribution in [3.05, 3.63) is 52.9 Å². The normalized spacial score (nSPS) is 17.9. The SMILES string of the molecule is CN1CCN(c2ccc(Nc3ncc4ccc(=O)n(CCCC5CCCCC5)c4n3)cc2)CC1. The molecule has 1 aliphatic carbocycles. The van der Waals surface area contributed by atoms with Crippen molar-refractivity contribution in [3.8, 4) is 0 Å². The van der Waals surface area contributed by atoms with Gasteiger partial charge in [0.1, 0.15) is 5.65 Å². The van der Waals surface area contributed by atoms with Gasteiger partial charge in [-0.25, -0.2) is 4.98 Å². The Kier molecular flexibility index (Phi) is 7.09. The Morgan fingerprint density at radius 1 is 0.971 bits per heavy atom. The van der Waals surface area contributed by atoms with Gasteiger partial charge in [-0.15, -0.1) is 0 Å². The number of fused-ring (bicyclic) bond motifs is 1. The standard InChI is InChI=1S/C27H36N6O/c1-31-16-18-32(19-17-31)24-12-10-23(11-13-24)29-27-28-20-22-9-14-25(34)33(26(22)30-27)15-5-8-21-6-3-2-4-7-21/h9-14,20-21H,2-8,15-19H2,1H3,(H,28,29,30). The highest BCUT2D eigenvalue weighted by atomic mass is 16.1. The number of rotatable bonds is 7. The first-order valence-corrected chi connectivity index (χ1v) is 12.8. The molecule has 0 bridgehead atoms. The van der Waals surface area contributed by atoms with E-state index < -0.39 is 0 Å². The van der Waals surface area contributed by atoms with Gasteiger partial charge in [0, 0.05) is 61.7 Å². The molecule has 0 amide bonds. The summed E-state index contributed by atoms with van der Waals surface area (Å²) >= 11 is 0. The molecule has 2 aromatic heterocycles. The Morgan fingerprint density at radius 3 is 2.50 bits per heavy atom. The lowest BCUT2D eigenvalue weighted by Gasteiger charge is -2.34.